The van der Waals surface area contributed by atoms with Crippen LogP contribution in [0.2, 0.25) is 5.02 Å². The van der Waals surface area contributed by atoms with Gasteiger partial charge in [0.1, 0.15) is 5.25 Å². The number of sulfone groups is 1. The largest absolute Gasteiger partial charge is 0.380 e. The van der Waals surface area contributed by atoms with Gasteiger partial charge >= 0.3 is 0 Å². The van der Waals surface area contributed by atoms with Gasteiger partial charge in [0, 0.05) is 12.6 Å². The van der Waals surface area contributed by atoms with Crippen LogP contribution in [0.15, 0.2) is 29.2 Å². The number of rotatable bonds is 3. The lowest BCUT2D eigenvalue weighted by Gasteiger charge is -2.31. The second-order valence-electron chi connectivity index (χ2n) is 4.27. The van der Waals surface area contributed by atoms with E-state index < -0.39 is 15.1 Å². The van der Waals surface area contributed by atoms with Crippen LogP contribution in [-0.2, 0) is 14.6 Å². The van der Waals surface area contributed by atoms with E-state index in [-0.39, 0.29) is 22.6 Å². The number of ether oxygens (including phenoxy) is 1. The molecule has 1 aliphatic heterocycles. The normalized spacial score (nSPS) is 25.0. The summed E-state index contributed by atoms with van der Waals surface area (Å²) in [7, 11) is -1.70. The van der Waals surface area contributed by atoms with Crippen LogP contribution in [0.4, 0.5) is 0 Å². The summed E-state index contributed by atoms with van der Waals surface area (Å²) < 4.78 is 30.4. The molecule has 1 fully saturated rings. The maximum absolute atomic E-state index is 12.6. The number of nitrogens with one attached hydrogen (secondary N) is 1. The van der Waals surface area contributed by atoms with Gasteiger partial charge in [-0.25, -0.2) is 8.42 Å². The molecule has 0 amide bonds. The highest BCUT2D eigenvalue weighted by molar-refractivity contribution is 7.92. The van der Waals surface area contributed by atoms with E-state index in [4.69, 9.17) is 16.3 Å². The molecule has 1 aromatic rings. The molecule has 1 heterocycles. The molecule has 18 heavy (non-hydrogen) atoms. The summed E-state index contributed by atoms with van der Waals surface area (Å²) in [6.07, 6.45) is 0.685. The fraction of sp³-hybridized carbons (Fsp3) is 0.500. The van der Waals surface area contributed by atoms with Gasteiger partial charge in [0.2, 0.25) is 0 Å². The van der Waals surface area contributed by atoms with Crippen LogP contribution in [0.1, 0.15) is 6.42 Å². The summed E-state index contributed by atoms with van der Waals surface area (Å²) in [5.41, 5.74) is 0. The van der Waals surface area contributed by atoms with Crippen LogP contribution in [0.25, 0.3) is 0 Å². The monoisotopic (exact) mass is 289 g/mol. The van der Waals surface area contributed by atoms with Gasteiger partial charge in [0.15, 0.2) is 9.84 Å². The smallest absolute Gasteiger partial charge is 0.186 e. The molecule has 2 unspecified atom stereocenters. The van der Waals surface area contributed by atoms with Gasteiger partial charge < -0.3 is 10.1 Å². The van der Waals surface area contributed by atoms with E-state index in [1.165, 1.54) is 0 Å². The molecule has 0 radical (unpaired) electrons. The Labute approximate surface area is 112 Å². The molecule has 0 aromatic heterocycles. The molecule has 0 aliphatic carbocycles. The number of hydrogen-bond acceptors (Lipinski definition) is 4. The Morgan fingerprint density at radius 1 is 1.39 bits per heavy atom. The molecule has 6 heteroatoms. The molecule has 1 N–H and O–H groups in total. The van der Waals surface area contributed by atoms with Gasteiger partial charge in [-0.1, -0.05) is 23.7 Å². The topological polar surface area (TPSA) is 55.4 Å². The first-order chi connectivity index (χ1) is 8.57. The summed E-state index contributed by atoms with van der Waals surface area (Å²) in [5.74, 6) is 0. The molecule has 2 rings (SSSR count). The van der Waals surface area contributed by atoms with Crippen molar-refractivity contribution in [2.45, 2.75) is 22.6 Å². The van der Waals surface area contributed by atoms with Crippen LogP contribution in [0, 0.1) is 0 Å². The first-order valence-electron chi connectivity index (χ1n) is 5.81. The lowest BCUT2D eigenvalue weighted by atomic mass is 10.1. The second-order valence-corrected chi connectivity index (χ2v) is 6.82. The minimum absolute atomic E-state index is 0.0972. The SMILES string of the molecule is CNC1CCOCC1S(=O)(=O)c1ccccc1Cl. The van der Waals surface area contributed by atoms with Gasteiger partial charge in [-0.15, -0.1) is 0 Å². The molecule has 1 saturated heterocycles. The third kappa shape index (κ3) is 2.54. The molecule has 2 atom stereocenters. The zero-order valence-corrected chi connectivity index (χ0v) is 11.7. The quantitative estimate of drug-likeness (QED) is 0.916. The number of hydrogen-bond donors (Lipinski definition) is 1. The van der Waals surface area contributed by atoms with Crippen LogP contribution < -0.4 is 5.32 Å². The molecular weight excluding hydrogens is 274 g/mol. The van der Waals surface area contributed by atoms with Crippen LogP contribution in [0.3, 0.4) is 0 Å². The number of benzene rings is 1. The fourth-order valence-corrected chi connectivity index (χ4v) is 4.56. The van der Waals surface area contributed by atoms with Crippen molar-refractivity contribution in [2.24, 2.45) is 0 Å². The third-order valence-electron chi connectivity index (χ3n) is 3.22. The molecule has 0 spiro atoms. The van der Waals surface area contributed by atoms with Gasteiger partial charge in [0.05, 0.1) is 16.5 Å². The van der Waals surface area contributed by atoms with Crippen molar-refractivity contribution >= 4 is 21.4 Å². The summed E-state index contributed by atoms with van der Waals surface area (Å²) in [6.45, 7) is 0.791. The Morgan fingerprint density at radius 2 is 2.11 bits per heavy atom. The summed E-state index contributed by atoms with van der Waals surface area (Å²) in [4.78, 5) is 0.183. The molecular formula is C12H16ClNO3S. The van der Waals surface area contributed by atoms with E-state index in [0.717, 1.165) is 0 Å². The van der Waals surface area contributed by atoms with Gasteiger partial charge in [0.25, 0.3) is 0 Å². The van der Waals surface area contributed by atoms with Gasteiger partial charge in [-0.05, 0) is 25.6 Å². The Balaban J connectivity index is 2.39. The second kappa shape index (κ2) is 5.57. The van der Waals surface area contributed by atoms with Crippen LogP contribution in [0.5, 0.6) is 0 Å². The highest BCUT2D eigenvalue weighted by atomic mass is 35.5. The van der Waals surface area contributed by atoms with E-state index in [2.05, 4.69) is 5.32 Å². The Morgan fingerprint density at radius 3 is 2.78 bits per heavy atom. The molecule has 1 aliphatic rings. The van der Waals surface area contributed by atoms with Crippen LogP contribution >= 0.6 is 11.6 Å². The summed E-state index contributed by atoms with van der Waals surface area (Å²) in [6, 6.07) is 6.43. The van der Waals surface area contributed by atoms with Crippen molar-refractivity contribution in [2.75, 3.05) is 20.3 Å². The minimum atomic E-state index is -3.47. The van der Waals surface area contributed by atoms with Crippen molar-refractivity contribution in [3.8, 4) is 0 Å². The summed E-state index contributed by atoms with van der Waals surface area (Å²) in [5, 5.41) is 2.72. The highest BCUT2D eigenvalue weighted by Gasteiger charge is 2.37. The highest BCUT2D eigenvalue weighted by Crippen LogP contribution is 2.28. The van der Waals surface area contributed by atoms with Crippen molar-refractivity contribution in [3.05, 3.63) is 29.3 Å². The Hall–Kier alpha value is -0.620. The molecule has 0 saturated carbocycles. The lowest BCUT2D eigenvalue weighted by molar-refractivity contribution is 0.0825. The standard InChI is InChI=1S/C12H16ClNO3S/c1-14-10-6-7-17-8-12(10)18(15,16)11-5-3-2-4-9(11)13/h2-5,10,12,14H,6-8H2,1H3. The van der Waals surface area contributed by atoms with Crippen LogP contribution in [-0.4, -0.2) is 40.0 Å². The average Bonchev–Trinajstić information content (AvgIpc) is 2.39. The van der Waals surface area contributed by atoms with E-state index in [9.17, 15) is 8.42 Å². The van der Waals surface area contributed by atoms with E-state index in [1.54, 1.807) is 31.3 Å². The van der Waals surface area contributed by atoms with Crippen molar-refractivity contribution in [3.63, 3.8) is 0 Å². The maximum Gasteiger partial charge on any atom is 0.186 e. The first-order valence-corrected chi connectivity index (χ1v) is 7.73. The Bertz CT molecular complexity index is 518. The van der Waals surface area contributed by atoms with E-state index in [0.29, 0.717) is 13.0 Å². The van der Waals surface area contributed by atoms with Crippen molar-refractivity contribution in [1.29, 1.82) is 0 Å². The lowest BCUT2D eigenvalue weighted by Crippen LogP contribution is -2.49. The van der Waals surface area contributed by atoms with E-state index in [1.807, 2.05) is 0 Å². The van der Waals surface area contributed by atoms with Gasteiger partial charge in [-0.2, -0.15) is 0 Å². The van der Waals surface area contributed by atoms with Gasteiger partial charge in [-0.3, -0.25) is 0 Å². The maximum atomic E-state index is 12.6. The zero-order chi connectivity index (χ0) is 13.2. The first kappa shape index (κ1) is 13.8. The number of halogens is 1. The predicted molar refractivity (Wildman–Crippen MR) is 70.7 cm³/mol. The molecule has 0 bridgehead atoms. The average molecular weight is 290 g/mol. The van der Waals surface area contributed by atoms with E-state index >= 15 is 0 Å². The molecule has 100 valence electrons. The molecule has 4 nitrogen and oxygen atoms in total. The summed E-state index contributed by atoms with van der Waals surface area (Å²) >= 11 is 5.98. The fourth-order valence-electron chi connectivity index (χ4n) is 2.19. The van der Waals surface area contributed by atoms with Crippen molar-refractivity contribution in [1.82, 2.24) is 5.32 Å². The molecule has 1 aromatic carbocycles. The predicted octanol–water partition coefficient (Wildman–Crippen LogP) is 1.49. The van der Waals surface area contributed by atoms with Crippen molar-refractivity contribution < 1.29 is 13.2 Å². The zero-order valence-electron chi connectivity index (χ0n) is 10.1. The third-order valence-corrected chi connectivity index (χ3v) is 5.89. The minimum Gasteiger partial charge on any atom is -0.380 e. The Kier molecular flexibility index (Phi) is 4.27.